The minimum absolute atomic E-state index is 0.822. The highest BCUT2D eigenvalue weighted by atomic mass is 32.1. The molecule has 3 rings (SSSR count). The van der Waals surface area contributed by atoms with Gasteiger partial charge in [0, 0.05) is 38.4 Å². The first kappa shape index (κ1) is 18.7. The summed E-state index contributed by atoms with van der Waals surface area (Å²) in [5.41, 5.74) is 3.72. The fourth-order valence-corrected chi connectivity index (χ4v) is 3.47. The fraction of sp³-hybridized carbons (Fsp3) is 0.381. The van der Waals surface area contributed by atoms with Crippen LogP contribution in [0.25, 0.3) is 0 Å². The maximum atomic E-state index is 5.61. The molecule has 0 bridgehead atoms. The summed E-state index contributed by atoms with van der Waals surface area (Å²) >= 11 is 5.61. The molecule has 0 saturated carbocycles. The average molecular weight is 370 g/mol. The first-order valence-electron chi connectivity index (χ1n) is 9.18. The predicted molar refractivity (Wildman–Crippen MR) is 112 cm³/mol. The zero-order valence-corrected chi connectivity index (χ0v) is 16.4. The van der Waals surface area contributed by atoms with Crippen LogP contribution in [-0.4, -0.2) is 48.2 Å². The molecule has 0 aromatic heterocycles. The topological polar surface area (TPSA) is 27.7 Å². The third-order valence-corrected chi connectivity index (χ3v) is 5.17. The highest BCUT2D eigenvalue weighted by molar-refractivity contribution is 7.80. The minimum atomic E-state index is 0.822. The molecule has 0 unspecified atom stereocenters. The van der Waals surface area contributed by atoms with Crippen LogP contribution in [0.2, 0.25) is 0 Å². The molecule has 1 saturated heterocycles. The third-order valence-electron chi connectivity index (χ3n) is 4.81. The summed E-state index contributed by atoms with van der Waals surface area (Å²) in [6.45, 7) is 7.08. The van der Waals surface area contributed by atoms with E-state index in [-0.39, 0.29) is 0 Å². The van der Waals surface area contributed by atoms with E-state index in [4.69, 9.17) is 17.0 Å². The van der Waals surface area contributed by atoms with E-state index in [0.717, 1.165) is 55.7 Å². The van der Waals surface area contributed by atoms with E-state index in [1.54, 1.807) is 7.11 Å². The Labute approximate surface area is 161 Å². The minimum Gasteiger partial charge on any atom is -0.497 e. The summed E-state index contributed by atoms with van der Waals surface area (Å²) < 4.78 is 5.22. The summed E-state index contributed by atoms with van der Waals surface area (Å²) in [7, 11) is 1.70. The van der Waals surface area contributed by atoms with Crippen LogP contribution in [0.5, 0.6) is 5.75 Å². The predicted octanol–water partition coefficient (Wildman–Crippen LogP) is 3.77. The van der Waals surface area contributed by atoms with Crippen LogP contribution >= 0.6 is 12.2 Å². The molecule has 5 heteroatoms. The van der Waals surface area contributed by atoms with Gasteiger partial charge in [0.15, 0.2) is 5.11 Å². The van der Waals surface area contributed by atoms with Crippen LogP contribution in [-0.2, 0) is 13.0 Å². The van der Waals surface area contributed by atoms with Crippen molar-refractivity contribution in [1.82, 2.24) is 9.80 Å². The van der Waals surface area contributed by atoms with E-state index in [0.29, 0.717) is 0 Å². The highest BCUT2D eigenvalue weighted by Gasteiger charge is 2.19. The monoisotopic (exact) mass is 369 g/mol. The van der Waals surface area contributed by atoms with Gasteiger partial charge < -0.3 is 15.0 Å². The standard InChI is InChI=1S/C21H27N3OS/c1-3-17-5-4-6-19(15-17)22-21(26)24-13-11-23(12-14-24)16-18-7-9-20(25-2)10-8-18/h4-10,15H,3,11-14,16H2,1-2H3,(H,22,26). The Balaban J connectivity index is 1.48. The number of piperazine rings is 1. The van der Waals surface area contributed by atoms with Crippen molar-refractivity contribution in [1.29, 1.82) is 0 Å². The van der Waals surface area contributed by atoms with Crippen molar-refractivity contribution in [3.63, 3.8) is 0 Å². The number of hydrogen-bond donors (Lipinski definition) is 1. The Morgan fingerprint density at radius 2 is 1.77 bits per heavy atom. The number of aryl methyl sites for hydroxylation is 1. The second-order valence-corrected chi connectivity index (χ2v) is 6.98. The summed E-state index contributed by atoms with van der Waals surface area (Å²) in [6.07, 6.45) is 1.03. The number of methoxy groups -OCH3 is 1. The maximum Gasteiger partial charge on any atom is 0.173 e. The van der Waals surface area contributed by atoms with Gasteiger partial charge in [-0.2, -0.15) is 0 Å². The molecule has 2 aromatic carbocycles. The van der Waals surface area contributed by atoms with Crippen molar-refractivity contribution < 1.29 is 4.74 Å². The second-order valence-electron chi connectivity index (χ2n) is 6.60. The molecular formula is C21H27N3OS. The van der Waals surface area contributed by atoms with Gasteiger partial charge in [-0.1, -0.05) is 31.2 Å². The van der Waals surface area contributed by atoms with Gasteiger partial charge in [0.25, 0.3) is 0 Å². The van der Waals surface area contributed by atoms with Crippen LogP contribution in [0.15, 0.2) is 48.5 Å². The Bertz CT molecular complexity index is 724. The second kappa shape index (κ2) is 9.01. The Kier molecular flexibility index (Phi) is 6.47. The molecule has 1 aliphatic heterocycles. The van der Waals surface area contributed by atoms with Crippen LogP contribution < -0.4 is 10.1 Å². The van der Waals surface area contributed by atoms with Crippen molar-refractivity contribution in [3.05, 3.63) is 59.7 Å². The molecule has 1 fully saturated rings. The summed E-state index contributed by atoms with van der Waals surface area (Å²) in [5.74, 6) is 0.905. The highest BCUT2D eigenvalue weighted by Crippen LogP contribution is 2.16. The quantitative estimate of drug-likeness (QED) is 0.810. The van der Waals surface area contributed by atoms with Gasteiger partial charge in [0.05, 0.1) is 7.11 Å². The number of anilines is 1. The molecule has 0 spiro atoms. The van der Waals surface area contributed by atoms with Gasteiger partial charge in [-0.3, -0.25) is 4.90 Å². The zero-order valence-electron chi connectivity index (χ0n) is 15.6. The number of nitrogens with one attached hydrogen (secondary N) is 1. The molecule has 1 heterocycles. The lowest BCUT2D eigenvalue weighted by Crippen LogP contribution is -2.49. The zero-order chi connectivity index (χ0) is 18.4. The van der Waals surface area contributed by atoms with E-state index in [1.165, 1.54) is 11.1 Å². The Morgan fingerprint density at radius 3 is 2.42 bits per heavy atom. The summed E-state index contributed by atoms with van der Waals surface area (Å²) in [6, 6.07) is 16.8. The molecule has 4 nitrogen and oxygen atoms in total. The van der Waals surface area contributed by atoms with E-state index >= 15 is 0 Å². The molecule has 138 valence electrons. The van der Waals surface area contributed by atoms with E-state index in [9.17, 15) is 0 Å². The first-order valence-corrected chi connectivity index (χ1v) is 9.59. The summed E-state index contributed by atoms with van der Waals surface area (Å²) in [5, 5.41) is 4.21. The van der Waals surface area contributed by atoms with Gasteiger partial charge in [0.2, 0.25) is 0 Å². The van der Waals surface area contributed by atoms with Crippen LogP contribution in [0.4, 0.5) is 5.69 Å². The number of nitrogens with zero attached hydrogens (tertiary/aromatic N) is 2. The van der Waals surface area contributed by atoms with Crippen LogP contribution in [0.3, 0.4) is 0 Å². The fourth-order valence-electron chi connectivity index (χ4n) is 3.17. The molecule has 1 N–H and O–H groups in total. The van der Waals surface area contributed by atoms with Crippen molar-refractivity contribution >= 4 is 23.0 Å². The lowest BCUT2D eigenvalue weighted by Gasteiger charge is -2.36. The van der Waals surface area contributed by atoms with Crippen molar-refractivity contribution in [2.45, 2.75) is 19.9 Å². The van der Waals surface area contributed by atoms with Crippen molar-refractivity contribution in [2.24, 2.45) is 0 Å². The number of hydrogen-bond acceptors (Lipinski definition) is 3. The first-order chi connectivity index (χ1) is 12.7. The van der Waals surface area contributed by atoms with Gasteiger partial charge in [-0.05, 0) is 54.0 Å². The van der Waals surface area contributed by atoms with E-state index in [2.05, 4.69) is 58.4 Å². The number of benzene rings is 2. The molecule has 0 radical (unpaired) electrons. The smallest absolute Gasteiger partial charge is 0.173 e. The molecule has 0 atom stereocenters. The molecule has 2 aromatic rings. The lowest BCUT2D eigenvalue weighted by molar-refractivity contribution is 0.177. The van der Waals surface area contributed by atoms with Gasteiger partial charge >= 0.3 is 0 Å². The summed E-state index contributed by atoms with van der Waals surface area (Å²) in [4.78, 5) is 4.73. The normalized spacial score (nSPS) is 14.9. The molecule has 0 aliphatic carbocycles. The van der Waals surface area contributed by atoms with E-state index in [1.807, 2.05) is 12.1 Å². The van der Waals surface area contributed by atoms with Crippen molar-refractivity contribution in [2.75, 3.05) is 38.6 Å². The van der Waals surface area contributed by atoms with E-state index < -0.39 is 0 Å². The third kappa shape index (κ3) is 4.96. The number of thiocarbonyl (C=S) groups is 1. The SMILES string of the molecule is CCc1cccc(NC(=S)N2CCN(Cc3ccc(OC)cc3)CC2)c1. The van der Waals surface area contributed by atoms with Gasteiger partial charge in [-0.15, -0.1) is 0 Å². The number of rotatable bonds is 5. The Hall–Kier alpha value is -2.11. The van der Waals surface area contributed by atoms with Crippen molar-refractivity contribution in [3.8, 4) is 5.75 Å². The lowest BCUT2D eigenvalue weighted by atomic mass is 10.1. The molecular weight excluding hydrogens is 342 g/mol. The van der Waals surface area contributed by atoms with Gasteiger partial charge in [-0.25, -0.2) is 0 Å². The maximum absolute atomic E-state index is 5.61. The largest absolute Gasteiger partial charge is 0.497 e. The molecule has 0 amide bonds. The van der Waals surface area contributed by atoms with Gasteiger partial charge in [0.1, 0.15) is 5.75 Å². The number of ether oxygens (including phenoxy) is 1. The average Bonchev–Trinajstić information content (AvgIpc) is 2.69. The molecule has 1 aliphatic rings. The Morgan fingerprint density at radius 1 is 1.04 bits per heavy atom. The molecule has 26 heavy (non-hydrogen) atoms. The van der Waals surface area contributed by atoms with Crippen LogP contribution in [0.1, 0.15) is 18.1 Å². The van der Waals surface area contributed by atoms with Crippen LogP contribution in [0, 0.1) is 0 Å².